The van der Waals surface area contributed by atoms with Gasteiger partial charge in [0, 0.05) is 19.3 Å². The van der Waals surface area contributed by atoms with Crippen molar-refractivity contribution in [2.24, 2.45) is 0 Å². The normalized spacial score (nSPS) is 12.9. The fourth-order valence-electron chi connectivity index (χ4n) is 7.72. The maximum absolute atomic E-state index is 12.8. The van der Waals surface area contributed by atoms with E-state index in [0.717, 1.165) is 122 Å². The Balaban J connectivity index is 4.25. The van der Waals surface area contributed by atoms with Crippen LogP contribution in [0.3, 0.4) is 0 Å². The van der Waals surface area contributed by atoms with Crippen LogP contribution in [0.15, 0.2) is 109 Å². The minimum absolute atomic E-state index is 0.0980. The molecule has 0 amide bonds. The van der Waals surface area contributed by atoms with Gasteiger partial charge in [0.1, 0.15) is 13.2 Å². The number of carbonyl (C=O) groups is 3. The summed E-state index contributed by atoms with van der Waals surface area (Å²) < 4.78 is 16.8. The lowest BCUT2D eigenvalue weighted by Crippen LogP contribution is -2.30. The molecular formula is C64H106O6. The van der Waals surface area contributed by atoms with Gasteiger partial charge in [-0.3, -0.25) is 14.4 Å². The summed E-state index contributed by atoms with van der Waals surface area (Å²) >= 11 is 0. The third-order valence-electron chi connectivity index (χ3n) is 12.0. The average Bonchev–Trinajstić information content (AvgIpc) is 3.36. The van der Waals surface area contributed by atoms with Crippen molar-refractivity contribution >= 4 is 17.9 Å². The van der Waals surface area contributed by atoms with E-state index >= 15 is 0 Å². The van der Waals surface area contributed by atoms with E-state index in [0.29, 0.717) is 19.3 Å². The number of hydrogen-bond acceptors (Lipinski definition) is 6. The van der Waals surface area contributed by atoms with Crippen LogP contribution in [0, 0.1) is 0 Å². The second-order valence-corrected chi connectivity index (χ2v) is 18.8. The Hall–Kier alpha value is -3.93. The van der Waals surface area contributed by atoms with Crippen LogP contribution in [0.2, 0.25) is 0 Å². The van der Waals surface area contributed by atoms with Crippen molar-refractivity contribution in [2.45, 2.75) is 264 Å². The molecule has 0 bridgehead atoms. The first kappa shape index (κ1) is 66.1. The van der Waals surface area contributed by atoms with E-state index in [9.17, 15) is 14.4 Å². The number of hydrogen-bond donors (Lipinski definition) is 0. The highest BCUT2D eigenvalue weighted by atomic mass is 16.6. The Morgan fingerprint density at radius 1 is 0.300 bits per heavy atom. The van der Waals surface area contributed by atoms with Crippen molar-refractivity contribution in [3.8, 4) is 0 Å². The topological polar surface area (TPSA) is 78.9 Å². The van der Waals surface area contributed by atoms with Crippen LogP contribution in [0.1, 0.15) is 258 Å². The molecule has 6 nitrogen and oxygen atoms in total. The van der Waals surface area contributed by atoms with Crippen LogP contribution in [-0.4, -0.2) is 37.2 Å². The molecule has 0 spiro atoms. The molecule has 0 aromatic heterocycles. The molecule has 398 valence electrons. The van der Waals surface area contributed by atoms with Gasteiger partial charge in [-0.15, -0.1) is 0 Å². The summed E-state index contributed by atoms with van der Waals surface area (Å²) in [6.07, 6.45) is 78.2. The highest BCUT2D eigenvalue weighted by molar-refractivity contribution is 5.71. The van der Waals surface area contributed by atoms with Gasteiger partial charge < -0.3 is 14.2 Å². The second kappa shape index (κ2) is 57.6. The summed E-state index contributed by atoms with van der Waals surface area (Å²) in [4.78, 5) is 38.0. The average molecular weight is 972 g/mol. The van der Waals surface area contributed by atoms with Gasteiger partial charge in [-0.2, -0.15) is 0 Å². The molecule has 1 unspecified atom stereocenters. The fraction of sp³-hybridized carbons (Fsp3) is 0.672. The van der Waals surface area contributed by atoms with Crippen LogP contribution in [0.25, 0.3) is 0 Å². The van der Waals surface area contributed by atoms with Crippen LogP contribution in [-0.2, 0) is 28.6 Å². The Kier molecular flexibility index (Phi) is 54.4. The van der Waals surface area contributed by atoms with E-state index in [4.69, 9.17) is 14.2 Å². The molecule has 0 aliphatic rings. The highest BCUT2D eigenvalue weighted by Crippen LogP contribution is 2.15. The van der Waals surface area contributed by atoms with E-state index in [-0.39, 0.29) is 37.5 Å². The molecular weight excluding hydrogens is 865 g/mol. The molecule has 0 rings (SSSR count). The highest BCUT2D eigenvalue weighted by Gasteiger charge is 2.19. The van der Waals surface area contributed by atoms with Gasteiger partial charge in [-0.1, -0.05) is 233 Å². The number of ether oxygens (including phenoxy) is 3. The van der Waals surface area contributed by atoms with Crippen molar-refractivity contribution < 1.29 is 28.6 Å². The van der Waals surface area contributed by atoms with Gasteiger partial charge in [-0.05, 0) is 116 Å². The van der Waals surface area contributed by atoms with E-state index < -0.39 is 6.10 Å². The number of allylic oxidation sites excluding steroid dienone is 18. The van der Waals surface area contributed by atoms with Crippen LogP contribution >= 0.6 is 0 Å². The summed E-state index contributed by atoms with van der Waals surface area (Å²) in [5.74, 6) is -0.952. The van der Waals surface area contributed by atoms with Gasteiger partial charge >= 0.3 is 17.9 Å². The summed E-state index contributed by atoms with van der Waals surface area (Å²) in [5.41, 5.74) is 0. The first-order valence-electron chi connectivity index (χ1n) is 28.9. The predicted molar refractivity (Wildman–Crippen MR) is 302 cm³/mol. The molecule has 0 saturated heterocycles. The smallest absolute Gasteiger partial charge is 0.306 e. The van der Waals surface area contributed by atoms with Crippen molar-refractivity contribution in [2.75, 3.05) is 13.2 Å². The van der Waals surface area contributed by atoms with Crippen LogP contribution in [0.4, 0.5) is 0 Å². The maximum Gasteiger partial charge on any atom is 0.306 e. The van der Waals surface area contributed by atoms with Crippen molar-refractivity contribution in [3.63, 3.8) is 0 Å². The quantitative estimate of drug-likeness (QED) is 0.0262. The molecule has 0 radical (unpaired) electrons. The Bertz CT molecular complexity index is 1440. The lowest BCUT2D eigenvalue weighted by atomic mass is 10.0. The van der Waals surface area contributed by atoms with Gasteiger partial charge in [-0.25, -0.2) is 0 Å². The lowest BCUT2D eigenvalue weighted by molar-refractivity contribution is -0.167. The van der Waals surface area contributed by atoms with Crippen molar-refractivity contribution in [1.29, 1.82) is 0 Å². The SMILES string of the molecule is CC/C=C\C/C=C\C/C=C\C/C=C\CCCCCCCCCCCCCCCCC(=O)OCC(COC(=O)CCCCCCC/C=C\CCC)OC(=O)CCCC/C=C\C/C=C\C/C=C\C/C=C\CC. The molecule has 0 aromatic carbocycles. The molecule has 0 fully saturated rings. The molecule has 0 N–H and O–H groups in total. The lowest BCUT2D eigenvalue weighted by Gasteiger charge is -2.18. The Morgan fingerprint density at radius 2 is 0.557 bits per heavy atom. The van der Waals surface area contributed by atoms with Crippen LogP contribution in [0.5, 0.6) is 0 Å². The molecule has 0 aliphatic carbocycles. The van der Waals surface area contributed by atoms with Crippen molar-refractivity contribution in [1.82, 2.24) is 0 Å². The zero-order chi connectivity index (χ0) is 50.7. The Labute approximate surface area is 431 Å². The minimum Gasteiger partial charge on any atom is -0.462 e. The third kappa shape index (κ3) is 55.0. The molecule has 0 saturated carbocycles. The van der Waals surface area contributed by atoms with E-state index in [1.54, 1.807) is 0 Å². The van der Waals surface area contributed by atoms with E-state index in [2.05, 4.69) is 130 Å². The summed E-state index contributed by atoms with van der Waals surface area (Å²) in [5, 5.41) is 0. The number of carbonyl (C=O) groups excluding carboxylic acids is 3. The Morgan fingerprint density at radius 3 is 0.914 bits per heavy atom. The standard InChI is InChI=1S/C64H106O6/c1-4-7-10-13-16-19-22-24-26-27-28-29-30-31-32-33-34-35-36-37-39-40-42-45-48-51-54-57-63(66)69-60-61(59-68-62(65)56-53-50-47-44-21-18-15-12-9-6-3)70-64(67)58-55-52-49-46-43-41-38-25-23-20-17-14-11-8-5-2/h7-8,10-12,15-17,19-20,24-26,28-29,38,43,46,61H,4-6,9,13-14,18,21-23,27,30-37,39-42,44-45,47-60H2,1-3H3/b10-7-,11-8-,15-12-,19-16-,20-17-,26-24-,29-28-,38-25-,46-43-. The largest absolute Gasteiger partial charge is 0.462 e. The van der Waals surface area contributed by atoms with E-state index in [1.807, 2.05) is 0 Å². The van der Waals surface area contributed by atoms with Crippen molar-refractivity contribution in [3.05, 3.63) is 109 Å². The minimum atomic E-state index is -0.803. The van der Waals surface area contributed by atoms with Gasteiger partial charge in [0.25, 0.3) is 0 Å². The molecule has 0 heterocycles. The van der Waals surface area contributed by atoms with Gasteiger partial charge in [0.05, 0.1) is 0 Å². The maximum atomic E-state index is 12.8. The number of unbranched alkanes of at least 4 members (excludes halogenated alkanes) is 22. The summed E-state index contributed by atoms with van der Waals surface area (Å²) in [6.45, 7) is 6.31. The van der Waals surface area contributed by atoms with Gasteiger partial charge in [0.2, 0.25) is 0 Å². The molecule has 0 aromatic rings. The van der Waals surface area contributed by atoms with Gasteiger partial charge in [0.15, 0.2) is 6.10 Å². The monoisotopic (exact) mass is 971 g/mol. The van der Waals surface area contributed by atoms with E-state index in [1.165, 1.54) is 89.9 Å². The zero-order valence-corrected chi connectivity index (χ0v) is 45.5. The predicted octanol–water partition coefficient (Wildman–Crippen LogP) is 19.5. The number of esters is 3. The first-order chi connectivity index (χ1) is 34.5. The number of rotatable bonds is 51. The fourth-order valence-corrected chi connectivity index (χ4v) is 7.72. The zero-order valence-electron chi connectivity index (χ0n) is 45.5. The first-order valence-corrected chi connectivity index (χ1v) is 28.9. The van der Waals surface area contributed by atoms with Crippen LogP contribution < -0.4 is 0 Å². The summed E-state index contributed by atoms with van der Waals surface area (Å²) in [6, 6.07) is 0. The molecule has 6 heteroatoms. The third-order valence-corrected chi connectivity index (χ3v) is 12.0. The molecule has 0 aliphatic heterocycles. The summed E-state index contributed by atoms with van der Waals surface area (Å²) in [7, 11) is 0. The molecule has 70 heavy (non-hydrogen) atoms. The second-order valence-electron chi connectivity index (χ2n) is 18.8. The molecule has 1 atom stereocenters.